The number of aliphatic hydroxyl groups is 2. The highest BCUT2D eigenvalue weighted by molar-refractivity contribution is 9.10. The van der Waals surface area contributed by atoms with Gasteiger partial charge in [0.25, 0.3) is 0 Å². The molecular weight excluding hydrogens is 466 g/mol. The molecule has 0 heterocycles. The van der Waals surface area contributed by atoms with E-state index >= 15 is 0 Å². The van der Waals surface area contributed by atoms with Gasteiger partial charge in [0, 0.05) is 22.5 Å². The lowest BCUT2D eigenvalue weighted by atomic mass is 9.65. The summed E-state index contributed by atoms with van der Waals surface area (Å²) in [6.07, 6.45) is 3.85. The molecule has 4 rings (SSSR count). The van der Waals surface area contributed by atoms with Crippen molar-refractivity contribution in [1.82, 2.24) is 0 Å². The normalized spacial score (nSPS) is 26.5. The molecule has 30 heavy (non-hydrogen) atoms. The first-order valence-electron chi connectivity index (χ1n) is 10.6. The van der Waals surface area contributed by atoms with Crippen LogP contribution in [0.5, 0.6) is 5.75 Å². The average Bonchev–Trinajstić information content (AvgIpc) is 3.52. The number of hydrogen-bond acceptors (Lipinski definition) is 4. The molecule has 2 aliphatic rings. The van der Waals surface area contributed by atoms with Crippen molar-refractivity contribution >= 4 is 27.5 Å². The van der Waals surface area contributed by atoms with Gasteiger partial charge >= 0.3 is 0 Å². The van der Waals surface area contributed by atoms with E-state index in [9.17, 15) is 10.2 Å². The van der Waals surface area contributed by atoms with Crippen molar-refractivity contribution in [2.45, 2.75) is 62.2 Å². The number of ether oxygens (including phenoxy) is 1. The third kappa shape index (κ3) is 4.42. The largest absolute Gasteiger partial charge is 0.493 e. The zero-order chi connectivity index (χ0) is 21.5. The molecule has 2 aromatic carbocycles. The summed E-state index contributed by atoms with van der Waals surface area (Å²) in [6, 6.07) is 13.4. The summed E-state index contributed by atoms with van der Waals surface area (Å²) in [5.74, 6) is 1.24. The monoisotopic (exact) mass is 493 g/mol. The summed E-state index contributed by atoms with van der Waals surface area (Å²) in [6.45, 7) is 2.23. The van der Waals surface area contributed by atoms with Crippen molar-refractivity contribution in [3.05, 3.63) is 63.1 Å². The number of rotatable bonds is 8. The van der Waals surface area contributed by atoms with E-state index in [1.165, 1.54) is 5.56 Å². The van der Waals surface area contributed by atoms with Crippen molar-refractivity contribution in [3.63, 3.8) is 0 Å². The Morgan fingerprint density at radius 3 is 2.47 bits per heavy atom. The van der Waals surface area contributed by atoms with Gasteiger partial charge in [-0.2, -0.15) is 0 Å². The fraction of sp³-hybridized carbons (Fsp3) is 0.500. The van der Waals surface area contributed by atoms with Gasteiger partial charge in [0.2, 0.25) is 0 Å². The molecule has 2 saturated carbocycles. The summed E-state index contributed by atoms with van der Waals surface area (Å²) < 4.78 is 6.90. The van der Waals surface area contributed by atoms with E-state index in [0.717, 1.165) is 22.9 Å². The van der Waals surface area contributed by atoms with Crippen LogP contribution in [0.25, 0.3) is 0 Å². The van der Waals surface area contributed by atoms with Crippen LogP contribution in [0.2, 0.25) is 5.02 Å². The third-order valence-corrected chi connectivity index (χ3v) is 7.64. The first kappa shape index (κ1) is 22.1. The van der Waals surface area contributed by atoms with E-state index in [0.29, 0.717) is 42.6 Å². The predicted molar refractivity (Wildman–Crippen MR) is 123 cm³/mol. The Labute approximate surface area is 191 Å². The van der Waals surface area contributed by atoms with E-state index in [1.807, 2.05) is 31.2 Å². The summed E-state index contributed by atoms with van der Waals surface area (Å²) in [4.78, 5) is 0. The van der Waals surface area contributed by atoms with E-state index in [4.69, 9.17) is 22.1 Å². The highest BCUT2D eigenvalue weighted by atomic mass is 79.9. The lowest BCUT2D eigenvalue weighted by Crippen LogP contribution is -2.49. The summed E-state index contributed by atoms with van der Waals surface area (Å²) >= 11 is 9.96. The molecule has 2 aliphatic carbocycles. The highest BCUT2D eigenvalue weighted by Crippen LogP contribution is 2.52. The van der Waals surface area contributed by atoms with Gasteiger partial charge in [0.1, 0.15) is 5.75 Å². The molecule has 1 unspecified atom stereocenters. The number of hydrogen-bond donors (Lipinski definition) is 3. The minimum atomic E-state index is -0.908. The Morgan fingerprint density at radius 1 is 1.23 bits per heavy atom. The molecule has 4 nitrogen and oxygen atoms in total. The molecular formula is C24H29BrClNO3. The van der Waals surface area contributed by atoms with Crippen molar-refractivity contribution in [2.24, 2.45) is 11.7 Å². The fourth-order valence-electron chi connectivity index (χ4n) is 4.63. The number of benzene rings is 2. The van der Waals surface area contributed by atoms with Crippen LogP contribution in [-0.4, -0.2) is 28.5 Å². The van der Waals surface area contributed by atoms with Crippen LogP contribution in [-0.2, 0) is 5.60 Å². The molecule has 0 bridgehead atoms. The van der Waals surface area contributed by atoms with Crippen molar-refractivity contribution < 1.29 is 14.9 Å². The number of halogens is 2. The molecule has 0 spiro atoms. The predicted octanol–water partition coefficient (Wildman–Crippen LogP) is 5.12. The third-order valence-electron chi connectivity index (χ3n) is 6.80. The minimum Gasteiger partial charge on any atom is -0.493 e. The standard InChI is InChI=1S/C24H29BrClNO3/c1-15(27)24(29,18-4-5-18)10-11-30-20-8-9-21(22(26)12-20)23(28)13-17(14-23)16-2-6-19(25)7-3-16/h2-3,6-9,12,15,17-18,28-29H,4-5,10-11,13-14,27H2,1H3/t15-,17?,23?,24?/m1/s1. The summed E-state index contributed by atoms with van der Waals surface area (Å²) in [5.41, 5.74) is 6.21. The van der Waals surface area contributed by atoms with Crippen molar-refractivity contribution in [3.8, 4) is 5.75 Å². The van der Waals surface area contributed by atoms with Gasteiger partial charge in [-0.3, -0.25) is 0 Å². The molecule has 0 aromatic heterocycles. The first-order chi connectivity index (χ1) is 14.2. The second-order valence-corrected chi connectivity index (χ2v) is 10.3. The second-order valence-electron chi connectivity index (χ2n) is 8.98. The van der Waals surface area contributed by atoms with Crippen LogP contribution in [0.15, 0.2) is 46.9 Å². The molecule has 162 valence electrons. The van der Waals surface area contributed by atoms with Crippen LogP contribution in [0, 0.1) is 5.92 Å². The molecule has 2 aromatic rings. The summed E-state index contributed by atoms with van der Waals surface area (Å²) in [7, 11) is 0. The molecule has 2 atom stereocenters. The number of nitrogens with two attached hydrogens (primary N) is 1. The van der Waals surface area contributed by atoms with Crippen LogP contribution in [0.1, 0.15) is 56.1 Å². The fourth-order valence-corrected chi connectivity index (χ4v) is 5.24. The van der Waals surface area contributed by atoms with Crippen LogP contribution >= 0.6 is 27.5 Å². The Balaban J connectivity index is 1.36. The SMILES string of the molecule is C[C@@H](N)C(O)(CCOc1ccc(C2(O)CC(c3ccc(Br)cc3)C2)c(Cl)c1)C1CC1. The van der Waals surface area contributed by atoms with Gasteiger partial charge in [-0.05, 0) is 74.3 Å². The molecule has 0 aliphatic heterocycles. The van der Waals surface area contributed by atoms with Gasteiger partial charge < -0.3 is 20.7 Å². The highest BCUT2D eigenvalue weighted by Gasteiger charge is 2.47. The maximum absolute atomic E-state index is 11.1. The lowest BCUT2D eigenvalue weighted by Gasteiger charge is -2.44. The Kier molecular flexibility index (Phi) is 6.21. The van der Waals surface area contributed by atoms with Crippen LogP contribution < -0.4 is 10.5 Å². The molecule has 0 saturated heterocycles. The Bertz CT molecular complexity index is 890. The topological polar surface area (TPSA) is 75.7 Å². The lowest BCUT2D eigenvalue weighted by molar-refractivity contribution is -0.0549. The Hall–Kier alpha value is -1.11. The van der Waals surface area contributed by atoms with E-state index in [1.54, 1.807) is 6.07 Å². The summed E-state index contributed by atoms with van der Waals surface area (Å²) in [5, 5.41) is 22.4. The quantitative estimate of drug-likeness (QED) is 0.476. The van der Waals surface area contributed by atoms with Crippen molar-refractivity contribution in [1.29, 1.82) is 0 Å². The van der Waals surface area contributed by atoms with E-state index in [-0.39, 0.29) is 12.0 Å². The van der Waals surface area contributed by atoms with Gasteiger partial charge in [0.15, 0.2) is 0 Å². The maximum atomic E-state index is 11.1. The molecule has 6 heteroatoms. The smallest absolute Gasteiger partial charge is 0.120 e. The minimum absolute atomic E-state index is 0.276. The van der Waals surface area contributed by atoms with Gasteiger partial charge in [-0.1, -0.05) is 45.7 Å². The van der Waals surface area contributed by atoms with Crippen LogP contribution in [0.4, 0.5) is 0 Å². The van der Waals surface area contributed by atoms with Gasteiger partial charge in [-0.25, -0.2) is 0 Å². The average molecular weight is 495 g/mol. The van der Waals surface area contributed by atoms with Crippen molar-refractivity contribution in [2.75, 3.05) is 6.61 Å². The zero-order valence-electron chi connectivity index (χ0n) is 17.2. The van der Waals surface area contributed by atoms with Crippen LogP contribution in [0.3, 0.4) is 0 Å². The molecule has 0 radical (unpaired) electrons. The molecule has 0 amide bonds. The van der Waals surface area contributed by atoms with E-state index in [2.05, 4.69) is 28.1 Å². The van der Waals surface area contributed by atoms with Gasteiger partial charge in [0.05, 0.1) is 22.8 Å². The Morgan fingerprint density at radius 2 is 1.90 bits per heavy atom. The van der Waals surface area contributed by atoms with E-state index < -0.39 is 11.2 Å². The second kappa shape index (κ2) is 8.44. The molecule has 4 N–H and O–H groups in total. The van der Waals surface area contributed by atoms with Gasteiger partial charge in [-0.15, -0.1) is 0 Å². The molecule has 2 fully saturated rings. The first-order valence-corrected chi connectivity index (χ1v) is 11.8. The maximum Gasteiger partial charge on any atom is 0.120 e. The zero-order valence-corrected chi connectivity index (χ0v) is 19.5.